The Labute approximate surface area is 165 Å². The van der Waals surface area contributed by atoms with Gasteiger partial charge in [0.1, 0.15) is 5.82 Å². The quantitative estimate of drug-likeness (QED) is 0.690. The first kappa shape index (κ1) is 18.8. The number of benzene rings is 2. The van der Waals surface area contributed by atoms with E-state index in [9.17, 15) is 18.8 Å². The molecule has 1 amide bonds. The van der Waals surface area contributed by atoms with Gasteiger partial charge in [0.25, 0.3) is 11.5 Å². The van der Waals surface area contributed by atoms with Crippen molar-refractivity contribution >= 4 is 5.91 Å². The van der Waals surface area contributed by atoms with Gasteiger partial charge in [0.15, 0.2) is 0 Å². The second kappa shape index (κ2) is 7.83. The number of amides is 1. The minimum absolute atomic E-state index is 0.0285. The summed E-state index contributed by atoms with van der Waals surface area (Å²) >= 11 is 0. The SMILES string of the molecule is O=C(NCC1CC1)c1nn(-c2cccc(F)c2)c(=O)n(Cc2ccccc2)c1=O. The zero-order chi connectivity index (χ0) is 20.4. The fourth-order valence-electron chi connectivity index (χ4n) is 2.98. The van der Waals surface area contributed by atoms with E-state index in [-0.39, 0.29) is 12.2 Å². The van der Waals surface area contributed by atoms with Crippen LogP contribution in [0.25, 0.3) is 5.69 Å². The number of carbonyl (C=O) groups excluding carboxylic acids is 1. The van der Waals surface area contributed by atoms with E-state index in [0.717, 1.165) is 28.2 Å². The Morgan fingerprint density at radius 3 is 2.55 bits per heavy atom. The lowest BCUT2D eigenvalue weighted by atomic mass is 10.2. The third-order valence-electron chi connectivity index (χ3n) is 4.76. The number of nitrogens with one attached hydrogen (secondary N) is 1. The van der Waals surface area contributed by atoms with Crippen LogP contribution in [-0.2, 0) is 6.54 Å². The molecule has 1 aliphatic rings. The van der Waals surface area contributed by atoms with Crippen LogP contribution in [0.3, 0.4) is 0 Å². The topological polar surface area (TPSA) is 86.0 Å². The molecule has 2 aromatic carbocycles. The molecule has 1 N–H and O–H groups in total. The van der Waals surface area contributed by atoms with E-state index in [2.05, 4.69) is 10.4 Å². The minimum atomic E-state index is -0.778. The molecule has 0 unspecified atom stereocenters. The Morgan fingerprint density at radius 1 is 1.10 bits per heavy atom. The molecule has 1 fully saturated rings. The van der Waals surface area contributed by atoms with E-state index < -0.39 is 28.7 Å². The molecule has 1 saturated carbocycles. The normalized spacial score (nSPS) is 13.3. The summed E-state index contributed by atoms with van der Waals surface area (Å²) in [6, 6.07) is 14.2. The summed E-state index contributed by atoms with van der Waals surface area (Å²) in [5, 5.41) is 6.67. The number of hydrogen-bond donors (Lipinski definition) is 1. The van der Waals surface area contributed by atoms with Gasteiger partial charge in [-0.3, -0.25) is 14.2 Å². The molecule has 7 nitrogen and oxygen atoms in total. The van der Waals surface area contributed by atoms with Crippen molar-refractivity contribution in [2.24, 2.45) is 5.92 Å². The molecule has 3 aromatic rings. The highest BCUT2D eigenvalue weighted by atomic mass is 19.1. The maximum absolute atomic E-state index is 13.7. The Bertz CT molecular complexity index is 1170. The Kier molecular flexibility index (Phi) is 5.07. The van der Waals surface area contributed by atoms with E-state index in [1.165, 1.54) is 18.2 Å². The van der Waals surface area contributed by atoms with Crippen molar-refractivity contribution in [1.29, 1.82) is 0 Å². The molecule has 29 heavy (non-hydrogen) atoms. The highest BCUT2D eigenvalue weighted by molar-refractivity contribution is 5.91. The molecular weight excluding hydrogens is 375 g/mol. The van der Waals surface area contributed by atoms with Crippen molar-refractivity contribution in [3.8, 4) is 5.69 Å². The molecule has 4 rings (SSSR count). The Morgan fingerprint density at radius 2 is 1.86 bits per heavy atom. The van der Waals surface area contributed by atoms with Gasteiger partial charge in [-0.25, -0.2) is 9.18 Å². The Balaban J connectivity index is 1.82. The third kappa shape index (κ3) is 4.16. The van der Waals surface area contributed by atoms with Gasteiger partial charge >= 0.3 is 5.69 Å². The molecule has 0 saturated heterocycles. The number of halogens is 1. The zero-order valence-electron chi connectivity index (χ0n) is 15.5. The first-order chi connectivity index (χ1) is 14.0. The summed E-state index contributed by atoms with van der Waals surface area (Å²) in [5.41, 5.74) is -1.07. The van der Waals surface area contributed by atoms with Crippen LogP contribution in [0, 0.1) is 11.7 Å². The van der Waals surface area contributed by atoms with Crippen molar-refractivity contribution in [3.05, 3.63) is 92.5 Å². The zero-order valence-corrected chi connectivity index (χ0v) is 15.5. The van der Waals surface area contributed by atoms with Gasteiger partial charge in [-0.05, 0) is 42.5 Å². The summed E-state index contributed by atoms with van der Waals surface area (Å²) < 4.78 is 15.5. The first-order valence-electron chi connectivity index (χ1n) is 9.35. The third-order valence-corrected chi connectivity index (χ3v) is 4.76. The van der Waals surface area contributed by atoms with E-state index >= 15 is 0 Å². The average molecular weight is 394 g/mol. The molecule has 0 spiro atoms. The fourth-order valence-corrected chi connectivity index (χ4v) is 2.98. The molecule has 8 heteroatoms. The van der Waals surface area contributed by atoms with Gasteiger partial charge in [0.2, 0.25) is 5.69 Å². The molecule has 0 aliphatic heterocycles. The van der Waals surface area contributed by atoms with Crippen molar-refractivity contribution in [3.63, 3.8) is 0 Å². The molecule has 1 heterocycles. The summed E-state index contributed by atoms with van der Waals surface area (Å²) in [5.74, 6) is -0.787. The summed E-state index contributed by atoms with van der Waals surface area (Å²) in [6.45, 7) is 0.428. The van der Waals surface area contributed by atoms with Crippen LogP contribution in [0.2, 0.25) is 0 Å². The van der Waals surface area contributed by atoms with E-state index in [0.29, 0.717) is 18.0 Å². The second-order valence-electron chi connectivity index (χ2n) is 7.05. The van der Waals surface area contributed by atoms with E-state index in [1.807, 2.05) is 6.07 Å². The molecular formula is C21H19FN4O3. The van der Waals surface area contributed by atoms with E-state index in [1.54, 1.807) is 24.3 Å². The smallest absolute Gasteiger partial charge is 0.350 e. The van der Waals surface area contributed by atoms with Crippen LogP contribution < -0.4 is 16.6 Å². The van der Waals surface area contributed by atoms with Gasteiger partial charge in [-0.1, -0.05) is 36.4 Å². The highest BCUT2D eigenvalue weighted by Gasteiger charge is 2.25. The van der Waals surface area contributed by atoms with Crippen LogP contribution in [0.15, 0.2) is 64.2 Å². The van der Waals surface area contributed by atoms with Crippen molar-refractivity contribution in [2.45, 2.75) is 19.4 Å². The number of carbonyl (C=O) groups is 1. The van der Waals surface area contributed by atoms with Crippen LogP contribution in [0.4, 0.5) is 4.39 Å². The highest BCUT2D eigenvalue weighted by Crippen LogP contribution is 2.27. The Hall–Kier alpha value is -3.55. The maximum atomic E-state index is 13.7. The van der Waals surface area contributed by atoms with Gasteiger partial charge in [0, 0.05) is 6.54 Å². The van der Waals surface area contributed by atoms with Gasteiger partial charge in [0.05, 0.1) is 12.2 Å². The minimum Gasteiger partial charge on any atom is -0.350 e. The predicted octanol–water partition coefficient (Wildman–Crippen LogP) is 1.72. The van der Waals surface area contributed by atoms with Gasteiger partial charge in [-0.2, -0.15) is 9.78 Å². The number of hydrogen-bond acceptors (Lipinski definition) is 4. The molecule has 148 valence electrons. The largest absolute Gasteiger partial charge is 0.352 e. The molecule has 1 aliphatic carbocycles. The lowest BCUT2D eigenvalue weighted by molar-refractivity contribution is 0.0942. The van der Waals surface area contributed by atoms with E-state index in [4.69, 9.17) is 0 Å². The monoisotopic (exact) mass is 394 g/mol. The van der Waals surface area contributed by atoms with Crippen LogP contribution in [0.5, 0.6) is 0 Å². The summed E-state index contributed by atoms with van der Waals surface area (Å²) in [6.07, 6.45) is 2.07. The summed E-state index contributed by atoms with van der Waals surface area (Å²) in [4.78, 5) is 38.5. The van der Waals surface area contributed by atoms with Crippen molar-refractivity contribution < 1.29 is 9.18 Å². The van der Waals surface area contributed by atoms with Crippen LogP contribution >= 0.6 is 0 Å². The number of aromatic nitrogens is 3. The maximum Gasteiger partial charge on any atom is 0.352 e. The van der Waals surface area contributed by atoms with Crippen molar-refractivity contribution in [2.75, 3.05) is 6.54 Å². The molecule has 0 atom stereocenters. The average Bonchev–Trinajstić information content (AvgIpc) is 3.55. The van der Waals surface area contributed by atoms with Gasteiger partial charge in [-0.15, -0.1) is 0 Å². The van der Waals surface area contributed by atoms with Crippen LogP contribution in [0.1, 0.15) is 28.9 Å². The van der Waals surface area contributed by atoms with Crippen molar-refractivity contribution in [1.82, 2.24) is 19.7 Å². The number of rotatable bonds is 6. The number of nitrogens with zero attached hydrogens (tertiary/aromatic N) is 3. The lowest BCUT2D eigenvalue weighted by Gasteiger charge is -2.12. The van der Waals surface area contributed by atoms with Crippen LogP contribution in [-0.4, -0.2) is 26.8 Å². The second-order valence-corrected chi connectivity index (χ2v) is 7.05. The summed E-state index contributed by atoms with van der Waals surface area (Å²) in [7, 11) is 0. The molecule has 1 aromatic heterocycles. The predicted molar refractivity (Wildman–Crippen MR) is 105 cm³/mol. The first-order valence-corrected chi connectivity index (χ1v) is 9.35. The fraction of sp³-hybridized carbons (Fsp3) is 0.238. The molecule has 0 radical (unpaired) electrons. The lowest BCUT2D eigenvalue weighted by Crippen LogP contribution is -2.46. The van der Waals surface area contributed by atoms with Gasteiger partial charge < -0.3 is 5.32 Å². The standard InChI is InChI=1S/C21H19FN4O3/c22-16-7-4-8-17(11-16)26-21(29)25(13-15-5-2-1-3-6-15)20(28)18(24-26)19(27)23-12-14-9-10-14/h1-8,11,14H,9-10,12-13H2,(H,23,27). The molecule has 0 bridgehead atoms.